The summed E-state index contributed by atoms with van der Waals surface area (Å²) in [5.74, 6) is 0. The van der Waals surface area contributed by atoms with Crippen LogP contribution in [0.3, 0.4) is 0 Å². The molecule has 0 radical (unpaired) electrons. The summed E-state index contributed by atoms with van der Waals surface area (Å²) in [4.78, 5) is 2.52. The fraction of sp³-hybridized carbons (Fsp3) is 0.818. The van der Waals surface area contributed by atoms with Crippen molar-refractivity contribution < 1.29 is 0 Å². The second-order valence-electron chi connectivity index (χ2n) is 4.05. The third-order valence-electron chi connectivity index (χ3n) is 2.76. The third kappa shape index (κ3) is 3.49. The Morgan fingerprint density at radius 3 is 2.77 bits per heavy atom. The van der Waals surface area contributed by atoms with Gasteiger partial charge in [0.15, 0.2) is 0 Å². The molecule has 2 heteroatoms. The average molecular weight is 182 g/mol. The molecule has 0 fully saturated rings. The van der Waals surface area contributed by atoms with Gasteiger partial charge in [-0.2, -0.15) is 0 Å². The zero-order valence-corrected chi connectivity index (χ0v) is 9.14. The van der Waals surface area contributed by atoms with Crippen molar-refractivity contribution in [2.45, 2.75) is 32.7 Å². The van der Waals surface area contributed by atoms with Crippen molar-refractivity contribution in [2.75, 3.05) is 26.7 Å². The minimum absolute atomic E-state index is 0.696. The van der Waals surface area contributed by atoms with Gasteiger partial charge in [-0.15, -0.1) is 0 Å². The lowest BCUT2D eigenvalue weighted by Crippen LogP contribution is -2.34. The lowest BCUT2D eigenvalue weighted by molar-refractivity contribution is 0.238. The quantitative estimate of drug-likeness (QED) is 0.665. The van der Waals surface area contributed by atoms with Crippen molar-refractivity contribution in [1.82, 2.24) is 10.2 Å². The van der Waals surface area contributed by atoms with Gasteiger partial charge in [0, 0.05) is 19.1 Å². The van der Waals surface area contributed by atoms with Crippen LogP contribution in [0.25, 0.3) is 0 Å². The Morgan fingerprint density at radius 2 is 2.31 bits per heavy atom. The number of hydrogen-bond acceptors (Lipinski definition) is 2. The molecule has 1 aliphatic heterocycles. The topological polar surface area (TPSA) is 15.3 Å². The summed E-state index contributed by atoms with van der Waals surface area (Å²) in [5.41, 5.74) is 1.63. The summed E-state index contributed by atoms with van der Waals surface area (Å²) < 4.78 is 0. The lowest BCUT2D eigenvalue weighted by atomic mass is 10.0. The SMILES string of the molecule is CNCCC1=CCN(C(C)C)CC1. The van der Waals surface area contributed by atoms with Crippen LogP contribution < -0.4 is 5.32 Å². The maximum atomic E-state index is 3.19. The first-order chi connectivity index (χ1) is 6.24. The van der Waals surface area contributed by atoms with Gasteiger partial charge in [0.2, 0.25) is 0 Å². The fourth-order valence-corrected chi connectivity index (χ4v) is 1.71. The number of nitrogens with zero attached hydrogens (tertiary/aromatic N) is 1. The molecule has 0 aromatic heterocycles. The highest BCUT2D eigenvalue weighted by Crippen LogP contribution is 2.15. The van der Waals surface area contributed by atoms with E-state index in [9.17, 15) is 0 Å². The molecule has 0 unspecified atom stereocenters. The van der Waals surface area contributed by atoms with E-state index in [1.165, 1.54) is 19.4 Å². The predicted molar refractivity (Wildman–Crippen MR) is 58.0 cm³/mol. The molecule has 0 saturated carbocycles. The molecule has 1 heterocycles. The Labute approximate surface area is 82.0 Å². The van der Waals surface area contributed by atoms with Crippen molar-refractivity contribution in [3.05, 3.63) is 11.6 Å². The molecule has 13 heavy (non-hydrogen) atoms. The first kappa shape index (κ1) is 10.7. The highest BCUT2D eigenvalue weighted by molar-refractivity contribution is 5.07. The Hall–Kier alpha value is -0.340. The second kappa shape index (κ2) is 5.40. The summed E-state index contributed by atoms with van der Waals surface area (Å²) in [7, 11) is 2.02. The average Bonchev–Trinajstić information content (AvgIpc) is 2.15. The maximum Gasteiger partial charge on any atom is 0.0168 e. The van der Waals surface area contributed by atoms with E-state index in [1.54, 1.807) is 5.57 Å². The summed E-state index contributed by atoms with van der Waals surface area (Å²) in [6.45, 7) is 8.05. The Bertz CT molecular complexity index is 173. The van der Waals surface area contributed by atoms with Gasteiger partial charge < -0.3 is 5.32 Å². The summed E-state index contributed by atoms with van der Waals surface area (Å²) >= 11 is 0. The van der Waals surface area contributed by atoms with Crippen LogP contribution in [0.4, 0.5) is 0 Å². The molecule has 0 atom stereocenters. The van der Waals surface area contributed by atoms with Crippen LogP contribution in [-0.2, 0) is 0 Å². The largest absolute Gasteiger partial charge is 0.319 e. The highest BCUT2D eigenvalue weighted by Gasteiger charge is 2.13. The van der Waals surface area contributed by atoms with Gasteiger partial charge >= 0.3 is 0 Å². The van der Waals surface area contributed by atoms with Crippen LogP contribution in [0.5, 0.6) is 0 Å². The van der Waals surface area contributed by atoms with Crippen molar-refractivity contribution in [3.63, 3.8) is 0 Å². The van der Waals surface area contributed by atoms with Crippen LogP contribution in [0.1, 0.15) is 26.7 Å². The van der Waals surface area contributed by atoms with Crippen molar-refractivity contribution in [2.24, 2.45) is 0 Å². The van der Waals surface area contributed by atoms with Gasteiger partial charge in [-0.25, -0.2) is 0 Å². The number of rotatable bonds is 4. The van der Waals surface area contributed by atoms with Gasteiger partial charge in [-0.1, -0.05) is 11.6 Å². The van der Waals surface area contributed by atoms with Gasteiger partial charge in [0.25, 0.3) is 0 Å². The van der Waals surface area contributed by atoms with E-state index in [0.29, 0.717) is 6.04 Å². The molecule has 0 aromatic carbocycles. The summed E-state index contributed by atoms with van der Waals surface area (Å²) in [6, 6.07) is 0.696. The fourth-order valence-electron chi connectivity index (χ4n) is 1.71. The molecular formula is C11H22N2. The van der Waals surface area contributed by atoms with E-state index >= 15 is 0 Å². The highest BCUT2D eigenvalue weighted by atomic mass is 15.1. The van der Waals surface area contributed by atoms with E-state index < -0.39 is 0 Å². The molecule has 1 N–H and O–H groups in total. The van der Waals surface area contributed by atoms with Crippen LogP contribution in [0, 0.1) is 0 Å². The molecule has 1 rings (SSSR count). The molecule has 0 aromatic rings. The van der Waals surface area contributed by atoms with E-state index in [1.807, 2.05) is 7.05 Å². The van der Waals surface area contributed by atoms with Crippen LogP contribution in [0.15, 0.2) is 11.6 Å². The Balaban J connectivity index is 2.30. The molecule has 0 bridgehead atoms. The van der Waals surface area contributed by atoms with Gasteiger partial charge in [-0.05, 0) is 40.3 Å². The van der Waals surface area contributed by atoms with Crippen molar-refractivity contribution >= 4 is 0 Å². The molecule has 0 aliphatic carbocycles. The normalized spacial score (nSPS) is 19.2. The molecular weight excluding hydrogens is 160 g/mol. The first-order valence-corrected chi connectivity index (χ1v) is 5.30. The number of nitrogens with one attached hydrogen (secondary N) is 1. The Kier molecular flexibility index (Phi) is 4.46. The van der Waals surface area contributed by atoms with Gasteiger partial charge in [0.05, 0.1) is 0 Å². The zero-order valence-electron chi connectivity index (χ0n) is 9.14. The van der Waals surface area contributed by atoms with E-state index in [2.05, 4.69) is 30.1 Å². The van der Waals surface area contributed by atoms with Crippen LogP contribution in [-0.4, -0.2) is 37.6 Å². The van der Waals surface area contributed by atoms with Gasteiger partial charge in [-0.3, -0.25) is 4.90 Å². The van der Waals surface area contributed by atoms with Crippen LogP contribution in [0.2, 0.25) is 0 Å². The lowest BCUT2D eigenvalue weighted by Gasteiger charge is -2.29. The molecule has 0 saturated heterocycles. The number of hydrogen-bond donors (Lipinski definition) is 1. The van der Waals surface area contributed by atoms with E-state index in [0.717, 1.165) is 13.1 Å². The van der Waals surface area contributed by atoms with Crippen LogP contribution >= 0.6 is 0 Å². The molecule has 1 aliphatic rings. The van der Waals surface area contributed by atoms with E-state index in [4.69, 9.17) is 0 Å². The van der Waals surface area contributed by atoms with Gasteiger partial charge in [0.1, 0.15) is 0 Å². The van der Waals surface area contributed by atoms with Crippen molar-refractivity contribution in [3.8, 4) is 0 Å². The molecule has 2 nitrogen and oxygen atoms in total. The zero-order chi connectivity index (χ0) is 9.68. The molecule has 0 spiro atoms. The minimum atomic E-state index is 0.696. The van der Waals surface area contributed by atoms with Crippen molar-refractivity contribution in [1.29, 1.82) is 0 Å². The first-order valence-electron chi connectivity index (χ1n) is 5.30. The van der Waals surface area contributed by atoms with E-state index in [-0.39, 0.29) is 0 Å². The standard InChI is InChI=1S/C11H22N2/c1-10(2)13-8-5-11(6-9-13)4-7-12-3/h5,10,12H,4,6-9H2,1-3H3. The predicted octanol–water partition coefficient (Wildman–Crippen LogP) is 1.64. The summed E-state index contributed by atoms with van der Waals surface area (Å²) in [6.07, 6.45) is 4.89. The Morgan fingerprint density at radius 1 is 1.54 bits per heavy atom. The smallest absolute Gasteiger partial charge is 0.0168 e. The molecule has 0 amide bonds. The molecule has 76 valence electrons. The maximum absolute atomic E-state index is 3.19. The monoisotopic (exact) mass is 182 g/mol. The summed E-state index contributed by atoms with van der Waals surface area (Å²) in [5, 5.41) is 3.19. The minimum Gasteiger partial charge on any atom is -0.319 e. The third-order valence-corrected chi connectivity index (χ3v) is 2.76. The second-order valence-corrected chi connectivity index (χ2v) is 4.05.